The van der Waals surface area contributed by atoms with Crippen LogP contribution in [0, 0.1) is 0 Å². The zero-order chi connectivity index (χ0) is 15.0. The third-order valence-corrected chi connectivity index (χ3v) is 2.09. The highest BCUT2D eigenvalue weighted by atomic mass is 16.4. The second kappa shape index (κ2) is 8.00. The third-order valence-electron chi connectivity index (χ3n) is 2.09. The van der Waals surface area contributed by atoms with E-state index < -0.39 is 42.3 Å². The van der Waals surface area contributed by atoms with Gasteiger partial charge in [0, 0.05) is 6.42 Å². The predicted molar refractivity (Wildman–Crippen MR) is 59.8 cm³/mol. The summed E-state index contributed by atoms with van der Waals surface area (Å²) in [7, 11) is 0. The van der Waals surface area contributed by atoms with Crippen molar-refractivity contribution in [3.63, 3.8) is 0 Å². The van der Waals surface area contributed by atoms with Crippen molar-refractivity contribution in [2.45, 2.75) is 31.3 Å². The zero-order valence-electron chi connectivity index (χ0n) is 9.83. The standard InChI is InChI=1S/C9H15N3O7/c10-6(13)2-1-4(8(16)17)11-12-5(9(18)19)3-7(14)15/h4-5,11-12H,1-3H2,(H2,10,13)(H,14,15)(H,16,17)(H,18,19)/t4-,5-/m0/s1. The van der Waals surface area contributed by atoms with Gasteiger partial charge in [-0.1, -0.05) is 0 Å². The smallest absolute Gasteiger partial charge is 0.322 e. The van der Waals surface area contributed by atoms with E-state index in [1.165, 1.54) is 0 Å². The number of carboxylic acid groups (broad SMARTS) is 3. The summed E-state index contributed by atoms with van der Waals surface area (Å²) in [5, 5.41) is 26.0. The summed E-state index contributed by atoms with van der Waals surface area (Å²) in [6, 6.07) is -2.75. The van der Waals surface area contributed by atoms with Crippen molar-refractivity contribution in [2.75, 3.05) is 0 Å². The summed E-state index contributed by atoms with van der Waals surface area (Å²) in [4.78, 5) is 42.4. The molecule has 0 saturated heterocycles. The molecule has 0 rings (SSSR count). The van der Waals surface area contributed by atoms with Crippen molar-refractivity contribution >= 4 is 23.8 Å². The van der Waals surface area contributed by atoms with E-state index in [0.717, 1.165) is 0 Å². The predicted octanol–water partition coefficient (Wildman–Crippen LogP) is -2.27. The molecule has 0 aromatic heterocycles. The van der Waals surface area contributed by atoms with Crippen LogP contribution in [0.2, 0.25) is 0 Å². The number of carboxylic acids is 3. The van der Waals surface area contributed by atoms with Gasteiger partial charge in [-0.05, 0) is 6.42 Å². The zero-order valence-corrected chi connectivity index (χ0v) is 9.83. The Morgan fingerprint density at radius 1 is 0.947 bits per heavy atom. The Balaban J connectivity index is 4.41. The van der Waals surface area contributed by atoms with Crippen molar-refractivity contribution < 1.29 is 34.5 Å². The first-order valence-corrected chi connectivity index (χ1v) is 5.20. The van der Waals surface area contributed by atoms with E-state index in [0.29, 0.717) is 0 Å². The number of nitrogens with one attached hydrogen (secondary N) is 2. The lowest BCUT2D eigenvalue weighted by atomic mass is 10.1. The van der Waals surface area contributed by atoms with Gasteiger partial charge < -0.3 is 21.1 Å². The molecule has 0 heterocycles. The minimum atomic E-state index is -1.49. The van der Waals surface area contributed by atoms with E-state index >= 15 is 0 Å². The summed E-state index contributed by atoms with van der Waals surface area (Å²) < 4.78 is 0. The van der Waals surface area contributed by atoms with Gasteiger partial charge in [-0.25, -0.2) is 10.9 Å². The average Bonchev–Trinajstić information content (AvgIpc) is 2.25. The fraction of sp³-hybridized carbons (Fsp3) is 0.556. The summed E-state index contributed by atoms with van der Waals surface area (Å²) in [6.07, 6.45) is -1.09. The molecule has 0 spiro atoms. The molecule has 0 aromatic rings. The Labute approximate surface area is 107 Å². The van der Waals surface area contributed by atoms with Crippen LogP contribution in [0.15, 0.2) is 0 Å². The van der Waals surface area contributed by atoms with Gasteiger partial charge in [0.1, 0.15) is 12.1 Å². The Kier molecular flexibility index (Phi) is 7.07. The van der Waals surface area contributed by atoms with Crippen LogP contribution in [0.5, 0.6) is 0 Å². The summed E-state index contributed by atoms with van der Waals surface area (Å²) >= 11 is 0. The molecule has 0 saturated carbocycles. The molecular weight excluding hydrogens is 262 g/mol. The van der Waals surface area contributed by atoms with Gasteiger partial charge in [-0.3, -0.25) is 19.2 Å². The molecule has 0 unspecified atom stereocenters. The van der Waals surface area contributed by atoms with Crippen molar-refractivity contribution in [1.82, 2.24) is 10.9 Å². The molecule has 2 atom stereocenters. The van der Waals surface area contributed by atoms with E-state index in [-0.39, 0.29) is 12.8 Å². The number of aliphatic carboxylic acids is 3. The van der Waals surface area contributed by atoms with Gasteiger partial charge in [0.15, 0.2) is 0 Å². The van der Waals surface area contributed by atoms with Gasteiger partial charge in [-0.15, -0.1) is 0 Å². The maximum Gasteiger partial charge on any atom is 0.322 e. The van der Waals surface area contributed by atoms with E-state index in [4.69, 9.17) is 21.1 Å². The third kappa shape index (κ3) is 7.68. The Morgan fingerprint density at radius 2 is 1.42 bits per heavy atom. The molecule has 0 aliphatic rings. The number of carbonyl (C=O) groups is 4. The van der Waals surface area contributed by atoms with Gasteiger partial charge in [0.25, 0.3) is 0 Å². The number of primary amides is 1. The monoisotopic (exact) mass is 277 g/mol. The number of carbonyl (C=O) groups excluding carboxylic acids is 1. The number of hydrogen-bond donors (Lipinski definition) is 6. The number of rotatable bonds is 10. The molecule has 0 aliphatic carbocycles. The minimum absolute atomic E-state index is 0.156. The number of nitrogens with two attached hydrogens (primary N) is 1. The van der Waals surface area contributed by atoms with Gasteiger partial charge in [0.2, 0.25) is 5.91 Å². The molecule has 0 aromatic carbocycles. The first kappa shape index (κ1) is 16.8. The van der Waals surface area contributed by atoms with Crippen LogP contribution in [0.4, 0.5) is 0 Å². The molecule has 0 radical (unpaired) electrons. The largest absolute Gasteiger partial charge is 0.481 e. The van der Waals surface area contributed by atoms with E-state index in [1.54, 1.807) is 0 Å². The highest BCUT2D eigenvalue weighted by Crippen LogP contribution is 1.98. The number of amides is 1. The van der Waals surface area contributed by atoms with Crippen LogP contribution >= 0.6 is 0 Å². The summed E-state index contributed by atoms with van der Waals surface area (Å²) in [6.45, 7) is 0. The summed E-state index contributed by atoms with van der Waals surface area (Å²) in [5.74, 6) is -4.83. The second-order valence-electron chi connectivity index (χ2n) is 3.67. The lowest BCUT2D eigenvalue weighted by molar-refractivity contribution is -0.147. The maximum absolute atomic E-state index is 10.8. The Bertz CT molecular complexity index is 371. The van der Waals surface area contributed by atoms with Crippen molar-refractivity contribution in [3.8, 4) is 0 Å². The fourth-order valence-electron chi connectivity index (χ4n) is 1.12. The van der Waals surface area contributed by atoms with E-state index in [9.17, 15) is 19.2 Å². The molecule has 19 heavy (non-hydrogen) atoms. The lowest BCUT2D eigenvalue weighted by Gasteiger charge is -2.18. The van der Waals surface area contributed by atoms with Crippen molar-refractivity contribution in [3.05, 3.63) is 0 Å². The molecular formula is C9H15N3O7. The van der Waals surface area contributed by atoms with Gasteiger partial charge >= 0.3 is 17.9 Å². The molecule has 0 bridgehead atoms. The van der Waals surface area contributed by atoms with Crippen LogP contribution in [0.25, 0.3) is 0 Å². The topological polar surface area (TPSA) is 179 Å². The van der Waals surface area contributed by atoms with Crippen LogP contribution in [0.1, 0.15) is 19.3 Å². The van der Waals surface area contributed by atoms with Crippen molar-refractivity contribution in [2.24, 2.45) is 5.73 Å². The van der Waals surface area contributed by atoms with E-state index in [2.05, 4.69) is 10.9 Å². The number of hydrazine groups is 1. The minimum Gasteiger partial charge on any atom is -0.481 e. The van der Waals surface area contributed by atoms with Crippen LogP contribution in [0.3, 0.4) is 0 Å². The Morgan fingerprint density at radius 3 is 1.79 bits per heavy atom. The molecule has 1 amide bonds. The second-order valence-corrected chi connectivity index (χ2v) is 3.67. The van der Waals surface area contributed by atoms with Gasteiger partial charge in [-0.2, -0.15) is 0 Å². The maximum atomic E-state index is 10.8. The Hall–Kier alpha value is -2.20. The molecule has 7 N–H and O–H groups in total. The molecule has 10 heteroatoms. The molecule has 10 nitrogen and oxygen atoms in total. The van der Waals surface area contributed by atoms with Crippen molar-refractivity contribution in [1.29, 1.82) is 0 Å². The molecule has 0 aliphatic heterocycles. The molecule has 108 valence electrons. The van der Waals surface area contributed by atoms with Crippen LogP contribution in [-0.4, -0.2) is 51.2 Å². The SMILES string of the molecule is NC(=O)CC[C@H](NN[C@@H](CC(=O)O)C(=O)O)C(=O)O. The highest BCUT2D eigenvalue weighted by Gasteiger charge is 2.24. The highest BCUT2D eigenvalue weighted by molar-refractivity contribution is 5.80. The average molecular weight is 277 g/mol. The fourth-order valence-corrected chi connectivity index (χ4v) is 1.12. The normalized spacial score (nSPS) is 13.5. The van der Waals surface area contributed by atoms with E-state index in [1.807, 2.05) is 0 Å². The van der Waals surface area contributed by atoms with Crippen LogP contribution < -0.4 is 16.6 Å². The van der Waals surface area contributed by atoms with Crippen LogP contribution in [-0.2, 0) is 19.2 Å². The first-order valence-electron chi connectivity index (χ1n) is 5.20. The lowest BCUT2D eigenvalue weighted by Crippen LogP contribution is -2.53. The number of hydrogen-bond acceptors (Lipinski definition) is 6. The first-order chi connectivity index (χ1) is 8.73. The quantitative estimate of drug-likeness (QED) is 0.240. The summed E-state index contributed by atoms with van der Waals surface area (Å²) in [5.41, 5.74) is 9.11. The molecule has 0 fully saturated rings. The van der Waals surface area contributed by atoms with Gasteiger partial charge in [0.05, 0.1) is 6.42 Å².